The second kappa shape index (κ2) is 13.7. The minimum absolute atomic E-state index is 0.0218. The summed E-state index contributed by atoms with van der Waals surface area (Å²) in [6, 6.07) is 14.0. The van der Waals surface area contributed by atoms with E-state index in [1.807, 2.05) is 44.2 Å². The van der Waals surface area contributed by atoms with Crippen LogP contribution in [0.15, 0.2) is 57.9 Å². The molecule has 0 aliphatic heterocycles. The van der Waals surface area contributed by atoms with Crippen molar-refractivity contribution in [2.75, 3.05) is 13.1 Å². The number of halogens is 2. The summed E-state index contributed by atoms with van der Waals surface area (Å²) in [6.45, 7) is 4.59. The van der Waals surface area contributed by atoms with Gasteiger partial charge in [-0.25, -0.2) is 13.1 Å². The third-order valence-electron chi connectivity index (χ3n) is 5.55. The molecule has 11 heteroatoms. The third kappa shape index (κ3) is 9.07. The zero-order chi connectivity index (χ0) is 27.0. The van der Waals surface area contributed by atoms with E-state index in [2.05, 4.69) is 31.3 Å². The van der Waals surface area contributed by atoms with Gasteiger partial charge >= 0.3 is 0 Å². The van der Waals surface area contributed by atoms with Crippen LogP contribution in [-0.4, -0.2) is 39.4 Å². The average Bonchev–Trinajstić information content (AvgIpc) is 3.22. The first-order valence-electron chi connectivity index (χ1n) is 12.0. The van der Waals surface area contributed by atoms with Gasteiger partial charge in [-0.2, -0.15) is 0 Å². The predicted molar refractivity (Wildman–Crippen MR) is 153 cm³/mol. The van der Waals surface area contributed by atoms with Gasteiger partial charge in [-0.3, -0.25) is 9.59 Å². The Balaban J connectivity index is 1.44. The molecule has 1 heterocycles. The van der Waals surface area contributed by atoms with E-state index in [0.717, 1.165) is 15.0 Å². The number of fused-ring (bicyclic) bond motifs is 1. The van der Waals surface area contributed by atoms with E-state index in [1.54, 1.807) is 17.4 Å². The molecule has 1 aromatic heterocycles. The molecule has 3 aromatic rings. The number of unbranched alkanes of at least 4 members (excludes halogenated alkanes) is 1. The summed E-state index contributed by atoms with van der Waals surface area (Å²) in [5.41, 5.74) is 0. The summed E-state index contributed by atoms with van der Waals surface area (Å²) < 4.78 is 29.3. The summed E-state index contributed by atoms with van der Waals surface area (Å²) in [4.78, 5) is 26.5. The Morgan fingerprint density at radius 3 is 2.49 bits per heavy atom. The van der Waals surface area contributed by atoms with Gasteiger partial charge in [0.05, 0.1) is 11.4 Å². The molecule has 0 aliphatic carbocycles. The van der Waals surface area contributed by atoms with E-state index >= 15 is 0 Å². The smallest absolute Gasteiger partial charge is 0.242 e. The Bertz CT molecular complexity index is 1310. The first-order valence-corrected chi connectivity index (χ1v) is 15.5. The maximum atomic E-state index is 12.8. The second-order valence-electron chi connectivity index (χ2n) is 9.15. The van der Waals surface area contributed by atoms with Crippen LogP contribution >= 0.6 is 38.9 Å². The maximum Gasteiger partial charge on any atom is 0.242 e. The second-order valence-corrected chi connectivity index (χ2v) is 13.4. The van der Waals surface area contributed by atoms with Crippen LogP contribution in [0.4, 0.5) is 0 Å². The summed E-state index contributed by atoms with van der Waals surface area (Å²) in [6.07, 6.45) is 1.86. The van der Waals surface area contributed by atoms with Gasteiger partial charge < -0.3 is 10.6 Å². The lowest BCUT2D eigenvalue weighted by molar-refractivity contribution is -0.129. The first kappa shape index (κ1) is 29.6. The Morgan fingerprint density at radius 2 is 1.78 bits per heavy atom. The van der Waals surface area contributed by atoms with Gasteiger partial charge in [-0.05, 0) is 60.9 Å². The molecular formula is C26H31BrClN3O4S2. The molecule has 0 saturated heterocycles. The zero-order valence-corrected chi connectivity index (χ0v) is 24.7. The fraction of sp³-hybridized carbons (Fsp3) is 0.385. The summed E-state index contributed by atoms with van der Waals surface area (Å²) >= 11 is 10.9. The largest absolute Gasteiger partial charge is 0.354 e. The van der Waals surface area contributed by atoms with Crippen molar-refractivity contribution in [1.82, 2.24) is 15.4 Å². The van der Waals surface area contributed by atoms with E-state index in [0.29, 0.717) is 30.3 Å². The van der Waals surface area contributed by atoms with Crippen molar-refractivity contribution in [1.29, 1.82) is 0 Å². The van der Waals surface area contributed by atoms with Crippen LogP contribution in [0, 0.1) is 5.92 Å². The molecule has 3 N–H and O–H groups in total. The Labute approximate surface area is 235 Å². The van der Waals surface area contributed by atoms with Gasteiger partial charge in [0.25, 0.3) is 0 Å². The number of carbonyl (C=O) groups excluding carboxylic acids is 2. The Hall–Kier alpha value is -1.98. The Kier molecular flexibility index (Phi) is 11.0. The zero-order valence-electron chi connectivity index (χ0n) is 20.7. The minimum Gasteiger partial charge on any atom is -0.354 e. The van der Waals surface area contributed by atoms with Crippen LogP contribution in [0.5, 0.6) is 0 Å². The number of benzene rings is 2. The molecule has 0 bridgehead atoms. The van der Waals surface area contributed by atoms with E-state index in [9.17, 15) is 18.0 Å². The van der Waals surface area contributed by atoms with Crippen LogP contribution in [0.25, 0.3) is 10.1 Å². The SMILES string of the molecule is CC(C)C[C@H](NC(=O)Cc1cc2ccccc2s1)C(=O)NCCCCNS(=O)(=O)c1ccc(Br)cc1Cl. The van der Waals surface area contributed by atoms with Crippen molar-refractivity contribution < 1.29 is 18.0 Å². The lowest BCUT2D eigenvalue weighted by Gasteiger charge is -2.20. The summed E-state index contributed by atoms with van der Waals surface area (Å²) in [5.74, 6) is -0.200. The number of hydrogen-bond acceptors (Lipinski definition) is 5. The fourth-order valence-corrected chi connectivity index (χ4v) is 6.97. The molecule has 0 spiro atoms. The Morgan fingerprint density at radius 1 is 1.05 bits per heavy atom. The molecular weight excluding hydrogens is 598 g/mol. The van der Waals surface area contributed by atoms with Gasteiger partial charge in [0.15, 0.2) is 0 Å². The highest BCUT2D eigenvalue weighted by atomic mass is 79.9. The standard InChI is InChI=1S/C26H31BrClN3O4S2/c1-17(2)13-22(31-25(32)16-20-14-18-7-3-4-8-23(18)36-20)26(33)29-11-5-6-12-30-37(34,35)24-10-9-19(27)15-21(24)28/h3-4,7-10,14-15,17,22,30H,5-6,11-13,16H2,1-2H3,(H,29,33)(H,31,32)/t22-/m0/s1. The topological polar surface area (TPSA) is 104 Å². The normalized spacial score (nSPS) is 12.6. The molecule has 37 heavy (non-hydrogen) atoms. The molecule has 2 amide bonds. The molecule has 200 valence electrons. The molecule has 0 aliphatic rings. The highest BCUT2D eigenvalue weighted by Gasteiger charge is 2.22. The van der Waals surface area contributed by atoms with Crippen molar-refractivity contribution in [2.24, 2.45) is 5.92 Å². The monoisotopic (exact) mass is 627 g/mol. The summed E-state index contributed by atoms with van der Waals surface area (Å²) in [5, 5.41) is 7.00. The first-order chi connectivity index (χ1) is 17.5. The van der Waals surface area contributed by atoms with E-state index in [-0.39, 0.29) is 40.6 Å². The number of rotatable bonds is 13. The van der Waals surface area contributed by atoms with E-state index in [1.165, 1.54) is 12.1 Å². The van der Waals surface area contributed by atoms with E-state index < -0.39 is 16.1 Å². The van der Waals surface area contributed by atoms with Crippen molar-refractivity contribution in [2.45, 2.75) is 50.5 Å². The van der Waals surface area contributed by atoms with Gasteiger partial charge in [-0.15, -0.1) is 11.3 Å². The fourth-order valence-electron chi connectivity index (χ4n) is 3.79. The number of amides is 2. The minimum atomic E-state index is -3.72. The number of carbonyl (C=O) groups is 2. The van der Waals surface area contributed by atoms with Crippen molar-refractivity contribution in [3.05, 3.63) is 62.9 Å². The van der Waals surface area contributed by atoms with Gasteiger partial charge in [0.1, 0.15) is 10.9 Å². The molecule has 3 rings (SSSR count). The predicted octanol–water partition coefficient (Wildman–Crippen LogP) is 5.27. The van der Waals surface area contributed by atoms with Crippen LogP contribution in [-0.2, 0) is 26.0 Å². The quantitative estimate of drug-likeness (QED) is 0.225. The molecule has 1 atom stereocenters. The average molecular weight is 629 g/mol. The van der Waals surface area contributed by atoms with Gasteiger partial charge in [0, 0.05) is 27.1 Å². The summed E-state index contributed by atoms with van der Waals surface area (Å²) in [7, 11) is -3.72. The van der Waals surface area contributed by atoms with E-state index in [4.69, 9.17) is 11.6 Å². The van der Waals surface area contributed by atoms with Crippen molar-refractivity contribution in [3.63, 3.8) is 0 Å². The molecule has 0 radical (unpaired) electrons. The highest BCUT2D eigenvalue weighted by Crippen LogP contribution is 2.26. The highest BCUT2D eigenvalue weighted by molar-refractivity contribution is 9.10. The van der Waals surface area contributed by atoms with Crippen LogP contribution in [0.1, 0.15) is 38.0 Å². The lowest BCUT2D eigenvalue weighted by atomic mass is 10.0. The number of nitrogens with one attached hydrogen (secondary N) is 3. The van der Waals surface area contributed by atoms with Crippen LogP contribution in [0.2, 0.25) is 5.02 Å². The molecule has 7 nitrogen and oxygen atoms in total. The van der Waals surface area contributed by atoms with Crippen LogP contribution < -0.4 is 15.4 Å². The molecule has 0 unspecified atom stereocenters. The molecule has 2 aromatic carbocycles. The lowest BCUT2D eigenvalue weighted by Crippen LogP contribution is -2.48. The number of hydrogen-bond donors (Lipinski definition) is 3. The van der Waals surface area contributed by atoms with Gasteiger partial charge in [-0.1, -0.05) is 59.6 Å². The third-order valence-corrected chi connectivity index (χ3v) is 9.10. The van der Waals surface area contributed by atoms with Gasteiger partial charge in [0.2, 0.25) is 21.8 Å². The molecule has 0 fully saturated rings. The van der Waals surface area contributed by atoms with Crippen molar-refractivity contribution in [3.8, 4) is 0 Å². The maximum absolute atomic E-state index is 12.8. The van der Waals surface area contributed by atoms with Crippen molar-refractivity contribution >= 4 is 70.8 Å². The number of thiophene rings is 1. The number of sulfonamides is 1. The van der Waals surface area contributed by atoms with Crippen LogP contribution in [0.3, 0.4) is 0 Å². The molecule has 0 saturated carbocycles.